The van der Waals surface area contributed by atoms with E-state index >= 15 is 0 Å². The van der Waals surface area contributed by atoms with Crippen LogP contribution in [-0.2, 0) is 4.79 Å². The summed E-state index contributed by atoms with van der Waals surface area (Å²) in [6.07, 6.45) is 2.12. The number of aromatic nitrogens is 2. The molecule has 2 N–H and O–H groups in total. The summed E-state index contributed by atoms with van der Waals surface area (Å²) in [4.78, 5) is 20.3. The Morgan fingerprint density at radius 3 is 2.35 bits per heavy atom. The van der Waals surface area contributed by atoms with Gasteiger partial charge in [0.25, 0.3) is 0 Å². The van der Waals surface area contributed by atoms with Gasteiger partial charge in [0.1, 0.15) is 5.54 Å². The molecule has 0 bridgehead atoms. The fraction of sp³-hybridized carbons (Fsp3) is 0.643. The van der Waals surface area contributed by atoms with E-state index in [-0.39, 0.29) is 0 Å². The van der Waals surface area contributed by atoms with Crippen molar-refractivity contribution in [3.8, 4) is 0 Å². The van der Waals surface area contributed by atoms with Gasteiger partial charge in [0, 0.05) is 23.2 Å². The number of carboxylic acid groups (broad SMARTS) is 1. The molecule has 1 heterocycles. The number of aliphatic carboxylic acids is 1. The van der Waals surface area contributed by atoms with Gasteiger partial charge in [-0.05, 0) is 46.1 Å². The van der Waals surface area contributed by atoms with E-state index < -0.39 is 11.5 Å². The maximum atomic E-state index is 11.5. The van der Waals surface area contributed by atoms with Crippen LogP contribution in [0.4, 0.5) is 0 Å². The molecule has 20 heavy (non-hydrogen) atoms. The van der Waals surface area contributed by atoms with Crippen LogP contribution in [0.2, 0.25) is 0 Å². The smallest absolute Gasteiger partial charge is 0.324 e. The number of carboxylic acids is 1. The summed E-state index contributed by atoms with van der Waals surface area (Å²) in [6, 6.07) is 0.346. The lowest BCUT2D eigenvalue weighted by Gasteiger charge is -2.25. The lowest BCUT2D eigenvalue weighted by atomic mass is 10.1. The second-order valence-corrected chi connectivity index (χ2v) is 6.59. The summed E-state index contributed by atoms with van der Waals surface area (Å²) in [5.41, 5.74) is 2.06. The van der Waals surface area contributed by atoms with E-state index in [9.17, 15) is 9.90 Å². The van der Waals surface area contributed by atoms with Crippen LogP contribution in [0.25, 0.3) is 0 Å². The summed E-state index contributed by atoms with van der Waals surface area (Å²) in [5, 5.41) is 13.3. The average molecular weight is 295 g/mol. The van der Waals surface area contributed by atoms with Crippen molar-refractivity contribution in [1.29, 1.82) is 0 Å². The Balaban J connectivity index is 2.07. The molecule has 110 valence electrons. The predicted molar refractivity (Wildman–Crippen MR) is 79.2 cm³/mol. The molecule has 0 radical (unpaired) electrons. The van der Waals surface area contributed by atoms with Crippen LogP contribution in [0.3, 0.4) is 0 Å². The zero-order valence-corrected chi connectivity index (χ0v) is 13.2. The number of rotatable bonds is 6. The number of nitrogens with zero attached hydrogens (tertiary/aromatic N) is 2. The fourth-order valence-electron chi connectivity index (χ4n) is 1.86. The third kappa shape index (κ3) is 3.49. The minimum absolute atomic E-state index is 0.346. The van der Waals surface area contributed by atoms with Crippen LogP contribution < -0.4 is 5.32 Å². The van der Waals surface area contributed by atoms with Gasteiger partial charge in [-0.3, -0.25) is 10.1 Å². The van der Waals surface area contributed by atoms with E-state index in [4.69, 9.17) is 0 Å². The minimum atomic E-state index is -0.929. The Hall–Kier alpha value is -1.14. The van der Waals surface area contributed by atoms with Gasteiger partial charge in [-0.1, -0.05) is 11.8 Å². The van der Waals surface area contributed by atoms with E-state index in [1.807, 2.05) is 20.8 Å². The van der Waals surface area contributed by atoms with E-state index in [2.05, 4.69) is 15.3 Å². The lowest BCUT2D eigenvalue weighted by molar-refractivity contribution is -0.143. The van der Waals surface area contributed by atoms with Crippen molar-refractivity contribution < 1.29 is 9.90 Å². The van der Waals surface area contributed by atoms with Gasteiger partial charge < -0.3 is 5.11 Å². The molecule has 1 aliphatic rings. The maximum Gasteiger partial charge on any atom is 0.324 e. The Bertz CT molecular complexity index is 508. The van der Waals surface area contributed by atoms with E-state index in [0.717, 1.165) is 29.8 Å². The molecule has 1 aromatic rings. The molecular weight excluding hydrogens is 274 g/mol. The second kappa shape index (κ2) is 5.69. The molecule has 0 spiro atoms. The molecule has 0 aromatic carbocycles. The first-order chi connectivity index (χ1) is 9.32. The third-order valence-electron chi connectivity index (χ3n) is 3.67. The molecule has 1 atom stereocenters. The van der Waals surface area contributed by atoms with Crippen LogP contribution >= 0.6 is 11.8 Å². The van der Waals surface area contributed by atoms with Crippen molar-refractivity contribution >= 4 is 17.7 Å². The molecule has 0 aliphatic heterocycles. The summed E-state index contributed by atoms with van der Waals surface area (Å²) in [6.45, 7) is 7.63. The second-order valence-electron chi connectivity index (χ2n) is 5.65. The lowest BCUT2D eigenvalue weighted by Crippen LogP contribution is -2.52. The van der Waals surface area contributed by atoms with Crippen LogP contribution in [-0.4, -0.2) is 38.4 Å². The van der Waals surface area contributed by atoms with Crippen molar-refractivity contribution in [2.45, 2.75) is 57.3 Å². The van der Waals surface area contributed by atoms with Gasteiger partial charge in [-0.2, -0.15) is 0 Å². The number of nitrogens with one attached hydrogen (secondary N) is 1. The van der Waals surface area contributed by atoms with Crippen LogP contribution in [0.1, 0.15) is 36.7 Å². The fourth-order valence-corrected chi connectivity index (χ4v) is 2.89. The molecule has 1 saturated carbocycles. The molecule has 0 amide bonds. The van der Waals surface area contributed by atoms with Crippen molar-refractivity contribution in [2.75, 3.05) is 5.75 Å². The first-order valence-corrected chi connectivity index (χ1v) is 7.76. The van der Waals surface area contributed by atoms with Crippen molar-refractivity contribution in [1.82, 2.24) is 15.3 Å². The Morgan fingerprint density at radius 1 is 1.35 bits per heavy atom. The molecule has 1 fully saturated rings. The normalized spacial score (nSPS) is 17.8. The summed E-state index contributed by atoms with van der Waals surface area (Å²) >= 11 is 1.40. The molecule has 1 aliphatic carbocycles. The quantitative estimate of drug-likeness (QED) is 0.618. The molecule has 6 heteroatoms. The number of hydrogen-bond acceptors (Lipinski definition) is 5. The monoisotopic (exact) mass is 295 g/mol. The molecule has 0 saturated heterocycles. The van der Waals surface area contributed by atoms with Crippen molar-refractivity contribution in [3.63, 3.8) is 0 Å². The van der Waals surface area contributed by atoms with Crippen LogP contribution in [0.5, 0.6) is 0 Å². The number of aryl methyl sites for hydroxylation is 2. The predicted octanol–water partition coefficient (Wildman–Crippen LogP) is 2.09. The molecular formula is C14H21N3O2S. The number of carbonyl (C=O) groups is 1. The molecule has 1 unspecified atom stereocenters. The Kier molecular flexibility index (Phi) is 4.34. The summed E-state index contributed by atoms with van der Waals surface area (Å²) < 4.78 is 0. The van der Waals surface area contributed by atoms with Gasteiger partial charge >= 0.3 is 5.97 Å². The van der Waals surface area contributed by atoms with Crippen LogP contribution in [0, 0.1) is 20.8 Å². The molecule has 1 aromatic heterocycles. The van der Waals surface area contributed by atoms with E-state index in [0.29, 0.717) is 17.0 Å². The van der Waals surface area contributed by atoms with E-state index in [1.165, 1.54) is 11.8 Å². The van der Waals surface area contributed by atoms with E-state index in [1.54, 1.807) is 6.92 Å². The zero-order chi connectivity index (χ0) is 14.9. The van der Waals surface area contributed by atoms with Gasteiger partial charge in [-0.25, -0.2) is 9.97 Å². The SMILES string of the molecule is Cc1nc(SCC(C)(NC2CC2)C(=O)O)nc(C)c1C. The van der Waals surface area contributed by atoms with Crippen LogP contribution in [0.15, 0.2) is 5.16 Å². The largest absolute Gasteiger partial charge is 0.480 e. The highest BCUT2D eigenvalue weighted by molar-refractivity contribution is 7.99. The van der Waals surface area contributed by atoms with Gasteiger partial charge in [0.2, 0.25) is 0 Å². The first-order valence-electron chi connectivity index (χ1n) is 6.77. The highest BCUT2D eigenvalue weighted by Crippen LogP contribution is 2.27. The first kappa shape index (κ1) is 15.3. The van der Waals surface area contributed by atoms with Crippen molar-refractivity contribution in [2.24, 2.45) is 0 Å². The van der Waals surface area contributed by atoms with Gasteiger partial charge in [0.05, 0.1) is 0 Å². The summed E-state index contributed by atoms with van der Waals surface area (Å²) in [7, 11) is 0. The highest BCUT2D eigenvalue weighted by Gasteiger charge is 2.38. The average Bonchev–Trinajstić information content (AvgIpc) is 3.17. The maximum absolute atomic E-state index is 11.5. The standard InChI is InChI=1S/C14H21N3O2S/c1-8-9(2)15-13(16-10(8)3)20-7-14(4,12(18)19)17-11-5-6-11/h11,17H,5-7H2,1-4H3,(H,18,19). The van der Waals surface area contributed by atoms with Gasteiger partial charge in [-0.15, -0.1) is 0 Å². The number of hydrogen-bond donors (Lipinski definition) is 2. The summed E-state index contributed by atoms with van der Waals surface area (Å²) in [5.74, 6) is -0.404. The number of thioether (sulfide) groups is 1. The Morgan fingerprint density at radius 2 is 1.90 bits per heavy atom. The molecule has 2 rings (SSSR count). The minimum Gasteiger partial charge on any atom is -0.480 e. The van der Waals surface area contributed by atoms with Crippen molar-refractivity contribution in [3.05, 3.63) is 17.0 Å². The highest BCUT2D eigenvalue weighted by atomic mass is 32.2. The molecule has 5 nitrogen and oxygen atoms in total. The topological polar surface area (TPSA) is 75.1 Å². The zero-order valence-electron chi connectivity index (χ0n) is 12.4. The Labute approximate surface area is 123 Å². The van der Waals surface area contributed by atoms with Gasteiger partial charge in [0.15, 0.2) is 5.16 Å². The third-order valence-corrected chi connectivity index (χ3v) is 4.84.